The van der Waals surface area contributed by atoms with Gasteiger partial charge in [0.15, 0.2) is 6.61 Å². The lowest BCUT2D eigenvalue weighted by Crippen LogP contribution is -2.47. The van der Waals surface area contributed by atoms with Gasteiger partial charge in [0, 0.05) is 16.4 Å². The number of hydrazine groups is 1. The van der Waals surface area contributed by atoms with Gasteiger partial charge in [0.25, 0.3) is 11.8 Å². The van der Waals surface area contributed by atoms with E-state index in [1.54, 1.807) is 35.6 Å². The SMILES string of the molecule is CCN(CC(=O)NNC(=O)COc1ccc(Cl)cc1)Cc1cccs1. The van der Waals surface area contributed by atoms with E-state index < -0.39 is 5.91 Å². The molecule has 0 spiro atoms. The molecule has 8 heteroatoms. The van der Waals surface area contributed by atoms with Crippen LogP contribution in [0.15, 0.2) is 41.8 Å². The van der Waals surface area contributed by atoms with Crippen molar-refractivity contribution in [1.29, 1.82) is 0 Å². The molecule has 0 fully saturated rings. The van der Waals surface area contributed by atoms with Crippen LogP contribution in [-0.4, -0.2) is 36.4 Å². The first-order chi connectivity index (χ1) is 12.1. The molecule has 2 N–H and O–H groups in total. The van der Waals surface area contributed by atoms with Crippen molar-refractivity contribution in [2.24, 2.45) is 0 Å². The highest BCUT2D eigenvalue weighted by Gasteiger charge is 2.11. The van der Waals surface area contributed by atoms with E-state index in [4.69, 9.17) is 16.3 Å². The molecule has 1 aromatic heterocycles. The lowest BCUT2D eigenvalue weighted by Gasteiger charge is -2.19. The Morgan fingerprint density at radius 3 is 2.52 bits per heavy atom. The molecule has 134 valence electrons. The van der Waals surface area contributed by atoms with Crippen LogP contribution in [0.3, 0.4) is 0 Å². The summed E-state index contributed by atoms with van der Waals surface area (Å²) in [6, 6.07) is 10.7. The van der Waals surface area contributed by atoms with Gasteiger partial charge in [0.2, 0.25) is 0 Å². The number of hydrogen-bond acceptors (Lipinski definition) is 5. The maximum absolute atomic E-state index is 11.9. The Morgan fingerprint density at radius 2 is 1.88 bits per heavy atom. The highest BCUT2D eigenvalue weighted by Crippen LogP contribution is 2.15. The predicted octanol–water partition coefficient (Wildman–Crippen LogP) is 2.45. The van der Waals surface area contributed by atoms with Crippen LogP contribution in [0.2, 0.25) is 5.02 Å². The van der Waals surface area contributed by atoms with E-state index >= 15 is 0 Å². The average molecular weight is 382 g/mol. The number of thiophene rings is 1. The quantitative estimate of drug-likeness (QED) is 0.689. The molecule has 0 saturated heterocycles. The maximum Gasteiger partial charge on any atom is 0.276 e. The lowest BCUT2D eigenvalue weighted by atomic mass is 10.3. The first kappa shape index (κ1) is 19.2. The number of nitrogens with zero attached hydrogens (tertiary/aromatic N) is 1. The Labute approximate surface area is 155 Å². The Morgan fingerprint density at radius 1 is 1.16 bits per heavy atom. The topological polar surface area (TPSA) is 70.7 Å². The molecule has 2 rings (SSSR count). The van der Waals surface area contributed by atoms with Crippen molar-refractivity contribution in [3.63, 3.8) is 0 Å². The van der Waals surface area contributed by atoms with Crippen LogP contribution in [0, 0.1) is 0 Å². The minimum atomic E-state index is -0.440. The summed E-state index contributed by atoms with van der Waals surface area (Å²) >= 11 is 7.42. The minimum Gasteiger partial charge on any atom is -0.484 e. The zero-order chi connectivity index (χ0) is 18.1. The standard InChI is InChI=1S/C17H20ClN3O3S/c1-2-21(10-15-4-3-9-25-15)11-16(22)19-20-17(23)12-24-14-7-5-13(18)6-8-14/h3-9H,2,10-12H2,1H3,(H,19,22)(H,20,23). The summed E-state index contributed by atoms with van der Waals surface area (Å²) in [6.45, 7) is 3.43. The van der Waals surface area contributed by atoms with E-state index in [1.807, 2.05) is 29.3 Å². The number of carbonyl (C=O) groups excluding carboxylic acids is 2. The molecule has 2 aromatic rings. The molecule has 0 radical (unpaired) electrons. The van der Waals surface area contributed by atoms with E-state index in [-0.39, 0.29) is 19.1 Å². The Bertz CT molecular complexity index is 677. The third-order valence-electron chi connectivity index (χ3n) is 3.30. The van der Waals surface area contributed by atoms with E-state index in [1.165, 1.54) is 4.88 Å². The van der Waals surface area contributed by atoms with E-state index in [2.05, 4.69) is 10.9 Å². The fraction of sp³-hybridized carbons (Fsp3) is 0.294. The summed E-state index contributed by atoms with van der Waals surface area (Å²) in [4.78, 5) is 26.8. The monoisotopic (exact) mass is 381 g/mol. The molecular formula is C17H20ClN3O3S. The summed E-state index contributed by atoms with van der Waals surface area (Å²) in [5.74, 6) is -0.193. The number of ether oxygens (including phenoxy) is 1. The third-order valence-corrected chi connectivity index (χ3v) is 4.41. The van der Waals surface area contributed by atoms with Gasteiger partial charge in [-0.25, -0.2) is 0 Å². The van der Waals surface area contributed by atoms with Gasteiger partial charge in [-0.05, 0) is 42.3 Å². The van der Waals surface area contributed by atoms with Crippen molar-refractivity contribution in [3.05, 3.63) is 51.7 Å². The van der Waals surface area contributed by atoms with E-state index in [0.29, 0.717) is 17.3 Å². The van der Waals surface area contributed by atoms with Crippen molar-refractivity contribution in [1.82, 2.24) is 15.8 Å². The number of halogens is 1. The number of rotatable bonds is 8. The normalized spacial score (nSPS) is 10.5. The summed E-state index contributed by atoms with van der Waals surface area (Å²) in [5, 5.41) is 2.59. The van der Waals surface area contributed by atoms with Crippen LogP contribution in [0.25, 0.3) is 0 Å². The van der Waals surface area contributed by atoms with Crippen molar-refractivity contribution < 1.29 is 14.3 Å². The zero-order valence-corrected chi connectivity index (χ0v) is 15.4. The second kappa shape index (κ2) is 10.0. The van der Waals surface area contributed by atoms with E-state index in [9.17, 15) is 9.59 Å². The molecule has 0 bridgehead atoms. The molecule has 6 nitrogen and oxygen atoms in total. The van der Waals surface area contributed by atoms with Crippen LogP contribution < -0.4 is 15.6 Å². The number of benzene rings is 1. The molecular weight excluding hydrogens is 362 g/mol. The van der Waals surface area contributed by atoms with Crippen LogP contribution in [0.1, 0.15) is 11.8 Å². The van der Waals surface area contributed by atoms with Crippen LogP contribution in [0.5, 0.6) is 5.75 Å². The number of nitrogens with one attached hydrogen (secondary N) is 2. The number of hydrogen-bond donors (Lipinski definition) is 2. The van der Waals surface area contributed by atoms with Crippen molar-refractivity contribution >= 4 is 34.8 Å². The second-order valence-corrected chi connectivity index (χ2v) is 6.69. The number of amides is 2. The molecule has 0 aliphatic heterocycles. The van der Waals surface area contributed by atoms with Gasteiger partial charge >= 0.3 is 0 Å². The fourth-order valence-corrected chi connectivity index (χ4v) is 2.87. The van der Waals surface area contributed by atoms with Gasteiger partial charge in [-0.1, -0.05) is 24.6 Å². The van der Waals surface area contributed by atoms with Crippen molar-refractivity contribution in [2.45, 2.75) is 13.5 Å². The van der Waals surface area contributed by atoms with Crippen LogP contribution >= 0.6 is 22.9 Å². The van der Waals surface area contributed by atoms with Gasteiger partial charge in [0.05, 0.1) is 6.54 Å². The third kappa shape index (κ3) is 7.13. The van der Waals surface area contributed by atoms with Crippen LogP contribution in [0.4, 0.5) is 0 Å². The summed E-state index contributed by atoms with van der Waals surface area (Å²) in [6.07, 6.45) is 0. The molecule has 0 unspecified atom stereocenters. The van der Waals surface area contributed by atoms with Gasteiger partial charge < -0.3 is 4.74 Å². The van der Waals surface area contributed by atoms with Gasteiger partial charge in [0.1, 0.15) is 5.75 Å². The summed E-state index contributed by atoms with van der Waals surface area (Å²) < 4.78 is 5.30. The van der Waals surface area contributed by atoms with Crippen LogP contribution in [-0.2, 0) is 16.1 Å². The Balaban J connectivity index is 1.67. The molecule has 1 aromatic carbocycles. The largest absolute Gasteiger partial charge is 0.484 e. The first-order valence-corrected chi connectivity index (χ1v) is 9.03. The van der Waals surface area contributed by atoms with Crippen molar-refractivity contribution in [3.8, 4) is 5.75 Å². The van der Waals surface area contributed by atoms with Gasteiger partial charge in [-0.15, -0.1) is 11.3 Å². The summed E-state index contributed by atoms with van der Waals surface area (Å²) in [7, 11) is 0. The minimum absolute atomic E-state index is 0.200. The second-order valence-electron chi connectivity index (χ2n) is 5.22. The fourth-order valence-electron chi connectivity index (χ4n) is 2.00. The molecule has 1 heterocycles. The Hall–Kier alpha value is -2.09. The molecule has 0 aliphatic carbocycles. The zero-order valence-electron chi connectivity index (χ0n) is 13.8. The number of likely N-dealkylation sites (N-methyl/N-ethyl adjacent to an activating group) is 1. The van der Waals surface area contributed by atoms with E-state index in [0.717, 1.165) is 6.54 Å². The van der Waals surface area contributed by atoms with Crippen molar-refractivity contribution in [2.75, 3.05) is 19.7 Å². The molecule has 25 heavy (non-hydrogen) atoms. The predicted molar refractivity (Wildman–Crippen MR) is 98.5 cm³/mol. The molecule has 0 saturated carbocycles. The number of carbonyl (C=O) groups is 2. The lowest BCUT2D eigenvalue weighted by molar-refractivity contribution is -0.130. The summed E-state index contributed by atoms with van der Waals surface area (Å²) in [5.41, 5.74) is 4.73. The molecule has 2 amide bonds. The highest BCUT2D eigenvalue weighted by molar-refractivity contribution is 7.09. The maximum atomic E-state index is 11.9. The Kier molecular flexibility index (Phi) is 7.72. The highest BCUT2D eigenvalue weighted by atomic mass is 35.5. The molecule has 0 atom stereocenters. The average Bonchev–Trinajstić information content (AvgIpc) is 3.12. The first-order valence-electron chi connectivity index (χ1n) is 7.77. The smallest absolute Gasteiger partial charge is 0.276 e. The van der Waals surface area contributed by atoms with Gasteiger partial charge in [-0.3, -0.25) is 25.3 Å². The molecule has 0 aliphatic rings. The van der Waals surface area contributed by atoms with Gasteiger partial charge in [-0.2, -0.15) is 0 Å².